The number of nitrogens with zero attached hydrogens (tertiary/aromatic N) is 2. The molecule has 0 atom stereocenters. The molecule has 1 saturated carbocycles. The average Bonchev–Trinajstić information content (AvgIpc) is 3.14. The van der Waals surface area contributed by atoms with Crippen LogP contribution in [0, 0.1) is 0 Å². The molecule has 0 amide bonds. The third-order valence-corrected chi connectivity index (χ3v) is 4.00. The van der Waals surface area contributed by atoms with Gasteiger partial charge in [-0.15, -0.1) is 0 Å². The number of alkyl halides is 3. The number of rotatable bonds is 2. The summed E-state index contributed by atoms with van der Waals surface area (Å²) in [4.78, 5) is 0. The van der Waals surface area contributed by atoms with Gasteiger partial charge < -0.3 is 0 Å². The molecule has 0 spiro atoms. The smallest absolute Gasteiger partial charge is 0.237 e. The highest BCUT2D eigenvalue weighted by Gasteiger charge is 2.35. The molecule has 0 radical (unpaired) electrons. The Kier molecular flexibility index (Phi) is 3.34. The van der Waals surface area contributed by atoms with Crippen LogP contribution in [0.2, 0.25) is 0 Å². The van der Waals surface area contributed by atoms with Gasteiger partial charge in [-0.3, -0.25) is 0 Å². The van der Waals surface area contributed by atoms with Crippen molar-refractivity contribution in [2.75, 3.05) is 0 Å². The molecule has 2 nitrogen and oxygen atoms in total. The topological polar surface area (TPSA) is 17.8 Å². The zero-order valence-corrected chi connectivity index (χ0v) is 12.9. The van der Waals surface area contributed by atoms with Gasteiger partial charge in [-0.25, -0.2) is 4.68 Å². The number of aromatic nitrogens is 2. The van der Waals surface area contributed by atoms with E-state index in [0.717, 1.165) is 30.2 Å². The van der Waals surface area contributed by atoms with Crippen molar-refractivity contribution in [2.45, 2.75) is 51.1 Å². The first-order valence-electron chi connectivity index (χ1n) is 7.44. The molecule has 1 aromatic carbocycles. The fourth-order valence-corrected chi connectivity index (χ4v) is 2.71. The van der Waals surface area contributed by atoms with Crippen LogP contribution in [0.1, 0.15) is 56.4 Å². The standard InChI is InChI=1S/C17H19F3N2/c1-16(2,3)14-10-21-22(15(14)11-7-8-11)13-6-4-5-12(9-13)17(18,19)20/h4-6,9-11H,7-8H2,1-3H3. The van der Waals surface area contributed by atoms with E-state index in [1.54, 1.807) is 16.9 Å². The molecule has 1 aliphatic rings. The third kappa shape index (κ3) is 2.76. The number of halogens is 3. The lowest BCUT2D eigenvalue weighted by Gasteiger charge is -2.20. The summed E-state index contributed by atoms with van der Waals surface area (Å²) in [6.45, 7) is 6.31. The van der Waals surface area contributed by atoms with E-state index < -0.39 is 11.7 Å². The maximum Gasteiger partial charge on any atom is 0.416 e. The van der Waals surface area contributed by atoms with Crippen molar-refractivity contribution in [3.63, 3.8) is 0 Å². The fourth-order valence-electron chi connectivity index (χ4n) is 2.71. The van der Waals surface area contributed by atoms with E-state index in [1.807, 2.05) is 0 Å². The van der Waals surface area contributed by atoms with Gasteiger partial charge in [0, 0.05) is 5.92 Å². The van der Waals surface area contributed by atoms with Crippen molar-refractivity contribution in [3.8, 4) is 5.69 Å². The van der Waals surface area contributed by atoms with Gasteiger partial charge in [0.15, 0.2) is 0 Å². The van der Waals surface area contributed by atoms with Crippen molar-refractivity contribution in [3.05, 3.63) is 47.3 Å². The predicted octanol–water partition coefficient (Wildman–Crippen LogP) is 5.07. The van der Waals surface area contributed by atoms with Gasteiger partial charge in [0.1, 0.15) is 0 Å². The average molecular weight is 308 g/mol. The first-order valence-corrected chi connectivity index (χ1v) is 7.44. The van der Waals surface area contributed by atoms with Gasteiger partial charge >= 0.3 is 6.18 Å². The van der Waals surface area contributed by atoms with Gasteiger partial charge in [-0.05, 0) is 42.0 Å². The molecule has 118 valence electrons. The monoisotopic (exact) mass is 308 g/mol. The molecule has 0 aliphatic heterocycles. The molecule has 1 aromatic heterocycles. The number of hydrogen-bond acceptors (Lipinski definition) is 1. The highest BCUT2D eigenvalue weighted by atomic mass is 19.4. The molecule has 0 bridgehead atoms. The molecule has 2 aromatic rings. The second-order valence-electron chi connectivity index (χ2n) is 6.93. The summed E-state index contributed by atoms with van der Waals surface area (Å²) in [6, 6.07) is 5.38. The minimum absolute atomic E-state index is 0.0716. The maximum atomic E-state index is 12.9. The first kappa shape index (κ1) is 15.1. The Morgan fingerprint density at radius 1 is 1.14 bits per heavy atom. The van der Waals surface area contributed by atoms with Crippen LogP contribution in [0.4, 0.5) is 13.2 Å². The zero-order valence-electron chi connectivity index (χ0n) is 12.9. The third-order valence-electron chi connectivity index (χ3n) is 4.00. The molecule has 1 fully saturated rings. The van der Waals surface area contributed by atoms with Gasteiger partial charge in [-0.2, -0.15) is 18.3 Å². The van der Waals surface area contributed by atoms with Gasteiger partial charge in [0.2, 0.25) is 0 Å². The number of hydrogen-bond donors (Lipinski definition) is 0. The van der Waals surface area contributed by atoms with E-state index in [-0.39, 0.29) is 5.41 Å². The molecule has 0 unspecified atom stereocenters. The molecule has 0 saturated heterocycles. The molecule has 22 heavy (non-hydrogen) atoms. The second-order valence-corrected chi connectivity index (χ2v) is 6.93. The van der Waals surface area contributed by atoms with Crippen LogP contribution in [0.15, 0.2) is 30.5 Å². The maximum absolute atomic E-state index is 12.9. The normalized spacial score (nSPS) is 16.1. The predicted molar refractivity (Wildman–Crippen MR) is 79.2 cm³/mol. The van der Waals surface area contributed by atoms with Crippen LogP contribution in [-0.4, -0.2) is 9.78 Å². The van der Waals surface area contributed by atoms with E-state index in [2.05, 4.69) is 25.9 Å². The molecule has 1 aliphatic carbocycles. The molecule has 0 N–H and O–H groups in total. The van der Waals surface area contributed by atoms with Crippen LogP contribution in [0.3, 0.4) is 0 Å². The highest BCUT2D eigenvalue weighted by Crippen LogP contribution is 2.45. The van der Waals surface area contributed by atoms with Gasteiger partial charge in [-0.1, -0.05) is 26.8 Å². The summed E-state index contributed by atoms with van der Waals surface area (Å²) in [7, 11) is 0. The van der Waals surface area contributed by atoms with Crippen LogP contribution >= 0.6 is 0 Å². The van der Waals surface area contributed by atoms with E-state index in [9.17, 15) is 13.2 Å². The Labute approximate surface area is 128 Å². The van der Waals surface area contributed by atoms with Gasteiger partial charge in [0.25, 0.3) is 0 Å². The van der Waals surface area contributed by atoms with E-state index in [0.29, 0.717) is 11.6 Å². The first-order chi connectivity index (χ1) is 10.2. The minimum atomic E-state index is -4.34. The molecule has 5 heteroatoms. The summed E-state index contributed by atoms with van der Waals surface area (Å²) in [6.07, 6.45) is -0.384. The van der Waals surface area contributed by atoms with Crippen molar-refractivity contribution in [2.24, 2.45) is 0 Å². The van der Waals surface area contributed by atoms with Crippen LogP contribution in [-0.2, 0) is 11.6 Å². The molecule has 3 rings (SSSR count). The van der Waals surface area contributed by atoms with Crippen LogP contribution < -0.4 is 0 Å². The Morgan fingerprint density at radius 3 is 2.36 bits per heavy atom. The van der Waals surface area contributed by atoms with Crippen LogP contribution in [0.25, 0.3) is 5.69 Å². The van der Waals surface area contributed by atoms with Crippen molar-refractivity contribution < 1.29 is 13.2 Å². The van der Waals surface area contributed by atoms with E-state index in [1.165, 1.54) is 12.1 Å². The molecular weight excluding hydrogens is 289 g/mol. The Bertz CT molecular complexity index is 689. The summed E-state index contributed by atoms with van der Waals surface area (Å²) in [5, 5.41) is 4.39. The van der Waals surface area contributed by atoms with Gasteiger partial charge in [0.05, 0.1) is 23.1 Å². The minimum Gasteiger partial charge on any atom is -0.237 e. The summed E-state index contributed by atoms with van der Waals surface area (Å²) in [5.41, 5.74) is 1.95. The summed E-state index contributed by atoms with van der Waals surface area (Å²) < 4.78 is 40.4. The second kappa shape index (κ2) is 4.86. The van der Waals surface area contributed by atoms with Crippen molar-refractivity contribution in [1.29, 1.82) is 0 Å². The largest absolute Gasteiger partial charge is 0.416 e. The quantitative estimate of drug-likeness (QED) is 0.757. The Hall–Kier alpha value is -1.78. The number of benzene rings is 1. The van der Waals surface area contributed by atoms with Crippen molar-refractivity contribution >= 4 is 0 Å². The Balaban J connectivity index is 2.11. The Morgan fingerprint density at radius 2 is 1.82 bits per heavy atom. The van der Waals surface area contributed by atoms with E-state index in [4.69, 9.17) is 0 Å². The molecule has 1 heterocycles. The fraction of sp³-hybridized carbons (Fsp3) is 0.471. The SMILES string of the molecule is CC(C)(C)c1cnn(-c2cccc(C(F)(F)F)c2)c1C1CC1. The lowest BCUT2D eigenvalue weighted by Crippen LogP contribution is -2.14. The molecular formula is C17H19F3N2. The lowest BCUT2D eigenvalue weighted by atomic mass is 9.86. The lowest BCUT2D eigenvalue weighted by molar-refractivity contribution is -0.137. The summed E-state index contributed by atoms with van der Waals surface area (Å²) in [5.74, 6) is 0.409. The summed E-state index contributed by atoms with van der Waals surface area (Å²) >= 11 is 0. The van der Waals surface area contributed by atoms with Crippen molar-refractivity contribution in [1.82, 2.24) is 9.78 Å². The zero-order chi connectivity index (χ0) is 16.1. The van der Waals surface area contributed by atoms with E-state index >= 15 is 0 Å². The van der Waals surface area contributed by atoms with Crippen LogP contribution in [0.5, 0.6) is 0 Å². The highest BCUT2D eigenvalue weighted by molar-refractivity contribution is 5.42.